The van der Waals surface area contributed by atoms with Gasteiger partial charge >= 0.3 is 0 Å². The summed E-state index contributed by atoms with van der Waals surface area (Å²) in [5.74, 6) is 0.812. The van der Waals surface area contributed by atoms with E-state index in [2.05, 4.69) is 10.1 Å². The molecule has 0 fully saturated rings. The van der Waals surface area contributed by atoms with Crippen molar-refractivity contribution in [3.8, 4) is 5.82 Å². The van der Waals surface area contributed by atoms with Crippen molar-refractivity contribution in [2.75, 3.05) is 5.73 Å². The number of rotatable bonds is 1. The number of nitrogens with two attached hydrogens (primary N) is 1. The van der Waals surface area contributed by atoms with E-state index in [1.165, 1.54) is 11.3 Å². The normalized spacial score (nSPS) is 10.2. The highest BCUT2D eigenvalue weighted by Crippen LogP contribution is 2.08. The molecular formula is C6H6N4S. The van der Waals surface area contributed by atoms with Crippen molar-refractivity contribution in [3.63, 3.8) is 0 Å². The standard InChI is InChI=1S/C6H6N4S/c7-5-1-9-10(2-5)6-3-11-4-8-6/h1-4H,7H2. The van der Waals surface area contributed by atoms with E-state index < -0.39 is 0 Å². The molecule has 4 nitrogen and oxygen atoms in total. The minimum Gasteiger partial charge on any atom is -0.396 e. The molecule has 2 aromatic heterocycles. The molecule has 2 heterocycles. The van der Waals surface area contributed by atoms with Gasteiger partial charge < -0.3 is 5.73 Å². The molecule has 0 aliphatic heterocycles. The molecule has 0 saturated heterocycles. The first-order valence-electron chi connectivity index (χ1n) is 3.05. The molecule has 0 radical (unpaired) electrons. The lowest BCUT2D eigenvalue weighted by Gasteiger charge is -1.90. The predicted molar refractivity (Wildman–Crippen MR) is 43.6 cm³/mol. The first-order valence-corrected chi connectivity index (χ1v) is 3.99. The number of nitrogens with zero attached hydrogens (tertiary/aromatic N) is 3. The summed E-state index contributed by atoms with van der Waals surface area (Å²) in [5.41, 5.74) is 7.89. The van der Waals surface area contributed by atoms with Crippen molar-refractivity contribution < 1.29 is 0 Å². The summed E-state index contributed by atoms with van der Waals surface area (Å²) in [6, 6.07) is 0. The predicted octanol–water partition coefficient (Wildman–Crippen LogP) is 0.911. The molecule has 0 amide bonds. The molecule has 56 valence electrons. The lowest BCUT2D eigenvalue weighted by atomic mass is 10.6. The summed E-state index contributed by atoms with van der Waals surface area (Å²) in [6.45, 7) is 0. The molecule has 0 atom stereocenters. The zero-order chi connectivity index (χ0) is 7.68. The van der Waals surface area contributed by atoms with E-state index in [1.54, 1.807) is 22.6 Å². The fourth-order valence-corrected chi connectivity index (χ4v) is 1.30. The Balaban J connectivity index is 2.45. The third-order valence-corrected chi connectivity index (χ3v) is 1.83. The van der Waals surface area contributed by atoms with Gasteiger partial charge in [0.1, 0.15) is 0 Å². The van der Waals surface area contributed by atoms with Gasteiger partial charge in [0, 0.05) is 5.38 Å². The topological polar surface area (TPSA) is 56.7 Å². The number of nitrogen functional groups attached to an aromatic ring is 1. The van der Waals surface area contributed by atoms with E-state index in [4.69, 9.17) is 5.73 Å². The van der Waals surface area contributed by atoms with E-state index in [1.807, 2.05) is 5.38 Å². The van der Waals surface area contributed by atoms with Crippen molar-refractivity contribution in [1.29, 1.82) is 0 Å². The summed E-state index contributed by atoms with van der Waals surface area (Å²) in [5, 5.41) is 5.90. The van der Waals surface area contributed by atoms with Gasteiger partial charge in [0.05, 0.1) is 23.6 Å². The van der Waals surface area contributed by atoms with Crippen molar-refractivity contribution in [2.45, 2.75) is 0 Å². The minimum atomic E-state index is 0.651. The van der Waals surface area contributed by atoms with Crippen LogP contribution in [0.2, 0.25) is 0 Å². The first-order chi connectivity index (χ1) is 5.36. The van der Waals surface area contributed by atoms with Gasteiger partial charge in [0.25, 0.3) is 0 Å². The number of anilines is 1. The summed E-state index contributed by atoms with van der Waals surface area (Å²) in [4.78, 5) is 4.06. The van der Waals surface area contributed by atoms with Gasteiger partial charge in [-0.15, -0.1) is 11.3 Å². The zero-order valence-electron chi connectivity index (χ0n) is 5.64. The van der Waals surface area contributed by atoms with Crippen LogP contribution in [0.3, 0.4) is 0 Å². The van der Waals surface area contributed by atoms with Gasteiger partial charge in [-0.05, 0) is 0 Å². The van der Waals surface area contributed by atoms with Crippen LogP contribution in [-0.2, 0) is 0 Å². The van der Waals surface area contributed by atoms with Crippen LogP contribution in [0.1, 0.15) is 0 Å². The molecule has 0 aliphatic rings. The van der Waals surface area contributed by atoms with Gasteiger partial charge in [-0.2, -0.15) is 5.10 Å². The molecule has 2 N–H and O–H groups in total. The quantitative estimate of drug-likeness (QED) is 0.685. The van der Waals surface area contributed by atoms with Crippen LogP contribution >= 0.6 is 11.3 Å². The Morgan fingerprint density at radius 3 is 3.00 bits per heavy atom. The summed E-state index contributed by atoms with van der Waals surface area (Å²) in [6.07, 6.45) is 3.33. The Labute approximate surface area is 67.3 Å². The Bertz CT molecular complexity index is 337. The molecule has 2 rings (SSSR count). The summed E-state index contributed by atoms with van der Waals surface area (Å²) >= 11 is 1.53. The highest BCUT2D eigenvalue weighted by Gasteiger charge is 1.98. The van der Waals surface area contributed by atoms with E-state index in [9.17, 15) is 0 Å². The molecule has 11 heavy (non-hydrogen) atoms. The average Bonchev–Trinajstić information content (AvgIpc) is 2.55. The highest BCUT2D eigenvalue weighted by molar-refractivity contribution is 7.07. The van der Waals surface area contributed by atoms with E-state index in [0.717, 1.165) is 5.82 Å². The van der Waals surface area contributed by atoms with Crippen molar-refractivity contribution in [1.82, 2.24) is 14.8 Å². The number of thiazole rings is 1. The molecule has 0 saturated carbocycles. The highest BCUT2D eigenvalue weighted by atomic mass is 32.1. The van der Waals surface area contributed by atoms with Crippen molar-refractivity contribution in [3.05, 3.63) is 23.3 Å². The van der Waals surface area contributed by atoms with Gasteiger partial charge in [-0.3, -0.25) is 0 Å². The van der Waals surface area contributed by atoms with Gasteiger partial charge in [0.2, 0.25) is 0 Å². The third kappa shape index (κ3) is 1.10. The second kappa shape index (κ2) is 2.35. The van der Waals surface area contributed by atoms with Crippen LogP contribution in [0.4, 0.5) is 5.69 Å². The lowest BCUT2D eigenvalue weighted by Crippen LogP contribution is -1.93. The summed E-state index contributed by atoms with van der Waals surface area (Å²) in [7, 11) is 0. The van der Waals surface area contributed by atoms with Crippen LogP contribution in [-0.4, -0.2) is 14.8 Å². The molecule has 5 heteroatoms. The second-order valence-corrected chi connectivity index (χ2v) is 2.78. The maximum Gasteiger partial charge on any atom is 0.164 e. The van der Waals surface area contributed by atoms with E-state index in [-0.39, 0.29) is 0 Å². The van der Waals surface area contributed by atoms with Crippen molar-refractivity contribution >= 4 is 17.0 Å². The van der Waals surface area contributed by atoms with Gasteiger partial charge in [0.15, 0.2) is 5.82 Å². The van der Waals surface area contributed by atoms with Crippen LogP contribution < -0.4 is 5.73 Å². The number of hydrogen-bond donors (Lipinski definition) is 1. The summed E-state index contributed by atoms with van der Waals surface area (Å²) < 4.78 is 1.64. The molecule has 0 bridgehead atoms. The minimum absolute atomic E-state index is 0.651. The van der Waals surface area contributed by atoms with Gasteiger partial charge in [-0.1, -0.05) is 0 Å². The molecule has 2 aromatic rings. The molecule has 0 unspecified atom stereocenters. The maximum atomic E-state index is 5.48. The Morgan fingerprint density at radius 2 is 2.45 bits per heavy atom. The second-order valence-electron chi connectivity index (χ2n) is 2.06. The van der Waals surface area contributed by atoms with Crippen LogP contribution in [0.15, 0.2) is 23.3 Å². The van der Waals surface area contributed by atoms with Crippen LogP contribution in [0.25, 0.3) is 5.82 Å². The van der Waals surface area contributed by atoms with E-state index in [0.29, 0.717) is 5.69 Å². The Morgan fingerprint density at radius 1 is 1.55 bits per heavy atom. The third-order valence-electron chi connectivity index (χ3n) is 1.26. The molecule has 0 spiro atoms. The number of aromatic nitrogens is 3. The Kier molecular flexibility index (Phi) is 1.36. The fraction of sp³-hybridized carbons (Fsp3) is 0. The monoisotopic (exact) mass is 166 g/mol. The maximum absolute atomic E-state index is 5.48. The largest absolute Gasteiger partial charge is 0.396 e. The fourth-order valence-electron chi connectivity index (χ4n) is 0.781. The zero-order valence-corrected chi connectivity index (χ0v) is 6.45. The van der Waals surface area contributed by atoms with Crippen molar-refractivity contribution in [2.24, 2.45) is 0 Å². The van der Waals surface area contributed by atoms with E-state index >= 15 is 0 Å². The molecule has 0 aliphatic carbocycles. The average molecular weight is 166 g/mol. The van der Waals surface area contributed by atoms with Gasteiger partial charge in [-0.25, -0.2) is 9.67 Å². The lowest BCUT2D eigenvalue weighted by molar-refractivity contribution is 0.855. The Hall–Kier alpha value is -1.36. The van der Waals surface area contributed by atoms with Crippen LogP contribution in [0, 0.1) is 0 Å². The SMILES string of the molecule is Nc1cnn(-c2cscn2)c1. The first kappa shape index (κ1) is 6.36. The smallest absolute Gasteiger partial charge is 0.164 e. The molecular weight excluding hydrogens is 160 g/mol. The number of hydrogen-bond acceptors (Lipinski definition) is 4. The van der Waals surface area contributed by atoms with Crippen LogP contribution in [0.5, 0.6) is 0 Å². The molecule has 0 aromatic carbocycles.